The number of benzene rings is 1. The molecule has 8 heteroatoms. The molecule has 4 N–H and O–H groups in total. The molecule has 21 heavy (non-hydrogen) atoms. The molecule has 118 valence electrons. The van der Waals surface area contributed by atoms with Crippen LogP contribution in [-0.2, 0) is 21.4 Å². The lowest BCUT2D eigenvalue weighted by molar-refractivity contribution is -0.125. The second kappa shape index (κ2) is 7.74. The number of hydrogen-bond donors (Lipinski definition) is 3. The van der Waals surface area contributed by atoms with Gasteiger partial charge in [-0.05, 0) is 37.1 Å². The number of nitrogens with one attached hydrogen (secondary N) is 2. The maximum Gasteiger partial charge on any atom is 0.238 e. The van der Waals surface area contributed by atoms with Gasteiger partial charge in [-0.1, -0.05) is 12.1 Å². The average Bonchev–Trinajstić information content (AvgIpc) is 2.45. The van der Waals surface area contributed by atoms with E-state index in [1.165, 1.54) is 12.1 Å². The van der Waals surface area contributed by atoms with Crippen molar-refractivity contribution in [2.45, 2.75) is 24.3 Å². The standard InChI is InChI=1S/C13H19N3O3S.ClH/c14-20(18,19)12-5-1-3-10(7-12)8-16-13(17)11-4-2-6-15-9-11;/h1,3,5,7,11,15H,2,4,6,8-9H2,(H,16,17)(H2,14,18,19);1H/t11-;/m1./s1. The number of carbonyl (C=O) groups excluding carboxylic acids is 1. The molecule has 6 nitrogen and oxygen atoms in total. The fraction of sp³-hybridized carbons (Fsp3) is 0.462. The Balaban J connectivity index is 0.00000220. The third-order valence-electron chi connectivity index (χ3n) is 3.36. The van der Waals surface area contributed by atoms with Crippen molar-refractivity contribution >= 4 is 28.3 Å². The van der Waals surface area contributed by atoms with Gasteiger partial charge in [-0.2, -0.15) is 0 Å². The highest BCUT2D eigenvalue weighted by molar-refractivity contribution is 7.89. The van der Waals surface area contributed by atoms with E-state index in [9.17, 15) is 13.2 Å². The zero-order valence-electron chi connectivity index (χ0n) is 11.5. The van der Waals surface area contributed by atoms with Gasteiger partial charge in [0.1, 0.15) is 0 Å². The number of primary sulfonamides is 1. The summed E-state index contributed by atoms with van der Waals surface area (Å²) in [6.45, 7) is 1.96. The Labute approximate surface area is 130 Å². The molecular weight excluding hydrogens is 314 g/mol. The zero-order valence-corrected chi connectivity index (χ0v) is 13.2. The van der Waals surface area contributed by atoms with Gasteiger partial charge in [0.15, 0.2) is 0 Å². The molecule has 1 fully saturated rings. The van der Waals surface area contributed by atoms with Crippen LogP contribution >= 0.6 is 12.4 Å². The van der Waals surface area contributed by atoms with E-state index in [-0.39, 0.29) is 29.1 Å². The molecule has 0 unspecified atom stereocenters. The van der Waals surface area contributed by atoms with Crippen molar-refractivity contribution in [1.82, 2.24) is 10.6 Å². The lowest BCUT2D eigenvalue weighted by Gasteiger charge is -2.21. The molecule has 1 saturated heterocycles. The van der Waals surface area contributed by atoms with Gasteiger partial charge in [-0.25, -0.2) is 13.6 Å². The first-order valence-corrected chi connectivity index (χ1v) is 8.11. The van der Waals surface area contributed by atoms with Crippen molar-refractivity contribution in [3.63, 3.8) is 0 Å². The van der Waals surface area contributed by atoms with Gasteiger partial charge in [0.2, 0.25) is 15.9 Å². The van der Waals surface area contributed by atoms with Crippen LogP contribution in [0.1, 0.15) is 18.4 Å². The molecule has 1 amide bonds. The van der Waals surface area contributed by atoms with Crippen LogP contribution in [0.15, 0.2) is 29.2 Å². The maximum absolute atomic E-state index is 12.0. The molecule has 0 saturated carbocycles. The van der Waals surface area contributed by atoms with E-state index in [4.69, 9.17) is 5.14 Å². The summed E-state index contributed by atoms with van der Waals surface area (Å²) in [4.78, 5) is 12.0. The van der Waals surface area contributed by atoms with Crippen LogP contribution in [0, 0.1) is 5.92 Å². The Morgan fingerprint density at radius 3 is 2.81 bits per heavy atom. The van der Waals surface area contributed by atoms with Crippen molar-refractivity contribution in [1.29, 1.82) is 0 Å². The van der Waals surface area contributed by atoms with Crippen molar-refractivity contribution < 1.29 is 13.2 Å². The molecule has 1 aromatic rings. The van der Waals surface area contributed by atoms with Crippen LogP contribution in [0.25, 0.3) is 0 Å². The van der Waals surface area contributed by atoms with E-state index in [1.807, 2.05) is 0 Å². The molecule has 1 aliphatic rings. The molecule has 1 aliphatic heterocycles. The summed E-state index contributed by atoms with van der Waals surface area (Å²) in [5.74, 6) is -0.0108. The Morgan fingerprint density at radius 2 is 2.19 bits per heavy atom. The Morgan fingerprint density at radius 1 is 1.43 bits per heavy atom. The normalized spacial score (nSPS) is 18.6. The summed E-state index contributed by atoms with van der Waals surface area (Å²) < 4.78 is 22.5. The highest BCUT2D eigenvalue weighted by atomic mass is 35.5. The van der Waals surface area contributed by atoms with Crippen molar-refractivity contribution in [2.24, 2.45) is 11.1 Å². The van der Waals surface area contributed by atoms with Gasteiger partial charge in [-0.15, -0.1) is 12.4 Å². The summed E-state index contributed by atoms with van der Waals surface area (Å²) >= 11 is 0. The van der Waals surface area contributed by atoms with Crippen LogP contribution < -0.4 is 15.8 Å². The van der Waals surface area contributed by atoms with E-state index < -0.39 is 10.0 Å². The van der Waals surface area contributed by atoms with Gasteiger partial charge in [0.05, 0.1) is 10.8 Å². The van der Waals surface area contributed by atoms with Gasteiger partial charge in [-0.3, -0.25) is 4.79 Å². The fourth-order valence-corrected chi connectivity index (χ4v) is 2.83. The molecular formula is C13H20ClN3O3S. The maximum atomic E-state index is 12.0. The van der Waals surface area contributed by atoms with Crippen molar-refractivity contribution in [3.05, 3.63) is 29.8 Å². The Kier molecular flexibility index (Phi) is 6.60. The molecule has 0 radical (unpaired) electrons. The predicted molar refractivity (Wildman–Crippen MR) is 82.5 cm³/mol. The molecule has 0 aromatic heterocycles. The minimum absolute atomic E-state index is 0. The number of carbonyl (C=O) groups is 1. The first kappa shape index (κ1) is 17.9. The number of amides is 1. The molecule has 0 aliphatic carbocycles. The van der Waals surface area contributed by atoms with Crippen LogP contribution in [0.5, 0.6) is 0 Å². The van der Waals surface area contributed by atoms with E-state index in [0.717, 1.165) is 19.4 Å². The smallest absolute Gasteiger partial charge is 0.238 e. The quantitative estimate of drug-likeness (QED) is 0.741. The van der Waals surface area contributed by atoms with E-state index in [2.05, 4.69) is 10.6 Å². The van der Waals surface area contributed by atoms with Crippen LogP contribution in [0.2, 0.25) is 0 Å². The van der Waals surface area contributed by atoms with Gasteiger partial charge < -0.3 is 10.6 Å². The largest absolute Gasteiger partial charge is 0.352 e. The number of sulfonamides is 1. The number of rotatable bonds is 4. The van der Waals surface area contributed by atoms with E-state index in [0.29, 0.717) is 18.7 Å². The predicted octanol–water partition coefficient (Wildman–Crippen LogP) is 0.372. The molecule has 1 atom stereocenters. The van der Waals surface area contributed by atoms with Crippen molar-refractivity contribution in [3.8, 4) is 0 Å². The monoisotopic (exact) mass is 333 g/mol. The van der Waals surface area contributed by atoms with Crippen molar-refractivity contribution in [2.75, 3.05) is 13.1 Å². The van der Waals surface area contributed by atoms with Crippen LogP contribution in [0.4, 0.5) is 0 Å². The van der Waals surface area contributed by atoms with Gasteiger partial charge in [0, 0.05) is 13.1 Å². The fourth-order valence-electron chi connectivity index (χ4n) is 2.24. The summed E-state index contributed by atoms with van der Waals surface area (Å²) in [6.07, 6.45) is 1.88. The summed E-state index contributed by atoms with van der Waals surface area (Å²) in [5.41, 5.74) is 0.716. The number of piperidine rings is 1. The molecule has 0 spiro atoms. The lowest BCUT2D eigenvalue weighted by Crippen LogP contribution is -2.40. The molecule has 2 rings (SSSR count). The van der Waals surface area contributed by atoms with Crippen LogP contribution in [-0.4, -0.2) is 27.4 Å². The second-order valence-corrected chi connectivity index (χ2v) is 6.51. The molecule has 0 bridgehead atoms. The van der Waals surface area contributed by atoms with E-state index >= 15 is 0 Å². The first-order chi connectivity index (χ1) is 9.47. The zero-order chi connectivity index (χ0) is 14.6. The minimum Gasteiger partial charge on any atom is -0.352 e. The topological polar surface area (TPSA) is 101 Å². The number of hydrogen-bond acceptors (Lipinski definition) is 4. The molecule has 1 aromatic carbocycles. The summed E-state index contributed by atoms with van der Waals surface area (Å²) in [5, 5.41) is 11.1. The third kappa shape index (κ3) is 5.28. The van der Waals surface area contributed by atoms with Crippen LogP contribution in [0.3, 0.4) is 0 Å². The first-order valence-electron chi connectivity index (χ1n) is 6.57. The average molecular weight is 334 g/mol. The molecule has 1 heterocycles. The minimum atomic E-state index is -3.71. The summed E-state index contributed by atoms with van der Waals surface area (Å²) in [6, 6.07) is 6.29. The third-order valence-corrected chi connectivity index (χ3v) is 4.27. The number of nitrogens with two attached hydrogens (primary N) is 1. The van der Waals surface area contributed by atoms with E-state index in [1.54, 1.807) is 12.1 Å². The second-order valence-electron chi connectivity index (χ2n) is 4.95. The van der Waals surface area contributed by atoms with Gasteiger partial charge in [0.25, 0.3) is 0 Å². The lowest BCUT2D eigenvalue weighted by atomic mass is 9.99. The number of halogens is 1. The summed E-state index contributed by atoms with van der Waals surface area (Å²) in [7, 11) is -3.71. The highest BCUT2D eigenvalue weighted by Gasteiger charge is 2.20. The van der Waals surface area contributed by atoms with Gasteiger partial charge >= 0.3 is 0 Å². The Hall–Kier alpha value is -1.15. The highest BCUT2D eigenvalue weighted by Crippen LogP contribution is 2.12. The SMILES string of the molecule is Cl.NS(=O)(=O)c1cccc(CNC(=O)[C@@H]2CCCNC2)c1. The Bertz CT molecular complexity index is 586.